The fourth-order valence-corrected chi connectivity index (χ4v) is 4.52. The van der Waals surface area contributed by atoms with Crippen LogP contribution in [0.4, 0.5) is 11.5 Å². The van der Waals surface area contributed by atoms with Gasteiger partial charge in [-0.1, -0.05) is 12.5 Å². The molecule has 5 rings (SSSR count). The van der Waals surface area contributed by atoms with Gasteiger partial charge in [0.1, 0.15) is 18.1 Å². The zero-order valence-corrected chi connectivity index (χ0v) is 15.8. The van der Waals surface area contributed by atoms with Crippen molar-refractivity contribution in [2.45, 2.75) is 38.6 Å². The van der Waals surface area contributed by atoms with Crippen molar-refractivity contribution in [1.82, 2.24) is 9.78 Å². The van der Waals surface area contributed by atoms with E-state index >= 15 is 0 Å². The van der Waals surface area contributed by atoms with Crippen LogP contribution < -0.4 is 20.5 Å². The van der Waals surface area contributed by atoms with Gasteiger partial charge in [0, 0.05) is 37.3 Å². The zero-order valence-electron chi connectivity index (χ0n) is 15.8. The van der Waals surface area contributed by atoms with Crippen molar-refractivity contribution < 1.29 is 9.53 Å². The molecule has 1 saturated carbocycles. The fourth-order valence-electron chi connectivity index (χ4n) is 4.52. The van der Waals surface area contributed by atoms with E-state index in [1.54, 1.807) is 6.07 Å². The first-order valence-electron chi connectivity index (χ1n) is 9.99. The lowest BCUT2D eigenvalue weighted by molar-refractivity contribution is -0.117. The predicted octanol–water partition coefficient (Wildman–Crippen LogP) is 2.20. The van der Waals surface area contributed by atoms with Crippen LogP contribution in [0.2, 0.25) is 0 Å². The van der Waals surface area contributed by atoms with E-state index in [4.69, 9.17) is 4.74 Å². The Labute approximate surface area is 163 Å². The third-order valence-electron chi connectivity index (χ3n) is 6.30. The first-order valence-corrected chi connectivity index (χ1v) is 9.99. The molecule has 7 heteroatoms. The molecule has 0 unspecified atom stereocenters. The lowest BCUT2D eigenvalue weighted by Gasteiger charge is -2.38. The molecule has 1 N–H and O–H groups in total. The summed E-state index contributed by atoms with van der Waals surface area (Å²) in [5, 5.41) is 7.30. The number of amides is 1. The number of rotatable bonds is 4. The van der Waals surface area contributed by atoms with Crippen LogP contribution >= 0.6 is 0 Å². The van der Waals surface area contributed by atoms with E-state index in [1.807, 2.05) is 18.2 Å². The molecule has 0 radical (unpaired) electrons. The van der Waals surface area contributed by atoms with E-state index in [0.29, 0.717) is 17.7 Å². The third-order valence-corrected chi connectivity index (χ3v) is 6.30. The molecular formula is C21H24N4O3. The highest BCUT2D eigenvalue weighted by Gasteiger charge is 2.43. The van der Waals surface area contributed by atoms with Gasteiger partial charge in [0.15, 0.2) is 0 Å². The van der Waals surface area contributed by atoms with Gasteiger partial charge in [-0.05, 0) is 42.4 Å². The number of carbonyl (C=O) groups excluding carboxylic acids is 1. The Morgan fingerprint density at radius 3 is 2.89 bits per heavy atom. The molecule has 7 nitrogen and oxygen atoms in total. The number of hydrogen-bond acceptors (Lipinski definition) is 5. The molecule has 1 aliphatic carbocycles. The van der Waals surface area contributed by atoms with Crippen LogP contribution in [0.5, 0.6) is 5.75 Å². The summed E-state index contributed by atoms with van der Waals surface area (Å²) in [4.78, 5) is 26.9. The van der Waals surface area contributed by atoms with E-state index in [2.05, 4.69) is 15.3 Å². The first kappa shape index (κ1) is 17.3. The summed E-state index contributed by atoms with van der Waals surface area (Å²) in [6, 6.07) is 8.93. The van der Waals surface area contributed by atoms with Crippen molar-refractivity contribution in [1.29, 1.82) is 0 Å². The minimum atomic E-state index is -0.276. The van der Waals surface area contributed by atoms with Gasteiger partial charge in [-0.25, -0.2) is 4.68 Å². The summed E-state index contributed by atoms with van der Waals surface area (Å²) in [5.41, 5.74) is 2.00. The van der Waals surface area contributed by atoms with Crippen LogP contribution in [0.1, 0.15) is 31.2 Å². The van der Waals surface area contributed by atoms with Crippen molar-refractivity contribution in [3.05, 3.63) is 46.2 Å². The number of nitrogens with one attached hydrogen (secondary N) is 1. The Balaban J connectivity index is 1.28. The number of fused-ring (bicyclic) bond motifs is 1. The van der Waals surface area contributed by atoms with Gasteiger partial charge in [-0.15, -0.1) is 0 Å². The second-order valence-corrected chi connectivity index (χ2v) is 8.18. The molecular weight excluding hydrogens is 356 g/mol. The molecule has 3 heterocycles. The minimum Gasteiger partial charge on any atom is -0.493 e. The Morgan fingerprint density at radius 1 is 1.21 bits per heavy atom. The molecule has 3 aliphatic rings. The molecule has 1 saturated heterocycles. The normalized spacial score (nSPS) is 19.2. The van der Waals surface area contributed by atoms with E-state index in [-0.39, 0.29) is 18.0 Å². The zero-order chi connectivity index (χ0) is 19.1. The standard InChI is InChI=1S/C21H24N4O3/c26-19(22-16-3-2-15-6-11-28-17(15)12-16)13-25-20(27)5-4-18(23-25)24-10-9-21(14-24)7-1-8-21/h2-5,12H,1,6-11,13-14H2,(H,22,26). The van der Waals surface area contributed by atoms with Crippen LogP contribution in [0.15, 0.2) is 35.1 Å². The largest absolute Gasteiger partial charge is 0.493 e. The van der Waals surface area contributed by atoms with Gasteiger partial charge in [0.2, 0.25) is 5.91 Å². The lowest BCUT2D eigenvalue weighted by atomic mass is 9.68. The molecule has 1 amide bonds. The minimum absolute atomic E-state index is 0.108. The second kappa shape index (κ2) is 6.65. The van der Waals surface area contributed by atoms with Crippen LogP contribution in [-0.4, -0.2) is 35.4 Å². The van der Waals surface area contributed by atoms with Crippen LogP contribution in [0.3, 0.4) is 0 Å². The summed E-state index contributed by atoms with van der Waals surface area (Å²) in [6.07, 6.45) is 5.98. The van der Waals surface area contributed by atoms with E-state index in [1.165, 1.54) is 36.4 Å². The van der Waals surface area contributed by atoms with Crippen LogP contribution in [0, 0.1) is 5.41 Å². The first-order chi connectivity index (χ1) is 13.6. The number of anilines is 2. The number of aromatic nitrogens is 2. The lowest BCUT2D eigenvalue weighted by Crippen LogP contribution is -2.35. The Morgan fingerprint density at radius 2 is 2.11 bits per heavy atom. The number of benzene rings is 1. The van der Waals surface area contributed by atoms with Gasteiger partial charge >= 0.3 is 0 Å². The van der Waals surface area contributed by atoms with Crippen molar-refractivity contribution in [2.24, 2.45) is 5.41 Å². The molecule has 146 valence electrons. The number of nitrogens with zero attached hydrogens (tertiary/aromatic N) is 3. The molecule has 1 aromatic carbocycles. The van der Waals surface area contributed by atoms with Crippen LogP contribution in [-0.2, 0) is 17.8 Å². The maximum Gasteiger partial charge on any atom is 0.267 e. The Hall–Kier alpha value is -2.83. The average Bonchev–Trinajstić information content (AvgIpc) is 3.30. The third kappa shape index (κ3) is 3.15. The molecule has 2 aromatic rings. The van der Waals surface area contributed by atoms with Gasteiger partial charge in [-0.2, -0.15) is 5.10 Å². The molecule has 2 fully saturated rings. The summed E-state index contributed by atoms with van der Waals surface area (Å²) in [7, 11) is 0. The van der Waals surface area contributed by atoms with E-state index in [0.717, 1.165) is 36.6 Å². The molecule has 2 aliphatic heterocycles. The maximum absolute atomic E-state index is 12.5. The SMILES string of the molecule is O=C(Cn1nc(N2CCC3(CCC3)C2)ccc1=O)Nc1ccc2c(c1)OCC2. The maximum atomic E-state index is 12.5. The smallest absolute Gasteiger partial charge is 0.267 e. The van der Waals surface area contributed by atoms with E-state index < -0.39 is 0 Å². The summed E-state index contributed by atoms with van der Waals surface area (Å²) in [5.74, 6) is 1.32. The van der Waals surface area contributed by atoms with Crippen molar-refractivity contribution in [2.75, 3.05) is 29.9 Å². The second-order valence-electron chi connectivity index (χ2n) is 8.18. The molecule has 0 bridgehead atoms. The average molecular weight is 380 g/mol. The number of ether oxygens (including phenoxy) is 1. The van der Waals surface area contributed by atoms with Crippen molar-refractivity contribution >= 4 is 17.4 Å². The van der Waals surface area contributed by atoms with Crippen LogP contribution in [0.25, 0.3) is 0 Å². The number of carbonyl (C=O) groups is 1. The molecule has 1 aromatic heterocycles. The molecule has 1 spiro atoms. The summed E-state index contributed by atoms with van der Waals surface area (Å²) < 4.78 is 6.79. The van der Waals surface area contributed by atoms with Crippen molar-refractivity contribution in [3.8, 4) is 5.75 Å². The Bertz CT molecular complexity index is 980. The summed E-state index contributed by atoms with van der Waals surface area (Å²) >= 11 is 0. The fraction of sp³-hybridized carbons (Fsp3) is 0.476. The monoisotopic (exact) mass is 380 g/mol. The predicted molar refractivity (Wildman–Crippen MR) is 106 cm³/mol. The van der Waals surface area contributed by atoms with Gasteiger partial charge in [0.25, 0.3) is 5.56 Å². The Kier molecular flexibility index (Phi) is 4.10. The van der Waals surface area contributed by atoms with E-state index in [9.17, 15) is 9.59 Å². The van der Waals surface area contributed by atoms with Gasteiger partial charge in [-0.3, -0.25) is 9.59 Å². The van der Waals surface area contributed by atoms with Gasteiger partial charge < -0.3 is 15.0 Å². The highest BCUT2D eigenvalue weighted by Crippen LogP contribution is 2.48. The highest BCUT2D eigenvalue weighted by atomic mass is 16.5. The highest BCUT2D eigenvalue weighted by molar-refractivity contribution is 5.90. The topological polar surface area (TPSA) is 76.5 Å². The summed E-state index contributed by atoms with van der Waals surface area (Å²) in [6.45, 7) is 2.53. The van der Waals surface area contributed by atoms with Crippen molar-refractivity contribution in [3.63, 3.8) is 0 Å². The molecule has 0 atom stereocenters. The molecule has 28 heavy (non-hydrogen) atoms. The number of hydrogen-bond donors (Lipinski definition) is 1. The quantitative estimate of drug-likeness (QED) is 0.880. The van der Waals surface area contributed by atoms with Gasteiger partial charge in [0.05, 0.1) is 6.61 Å².